The quantitative estimate of drug-likeness (QED) is 0.719. The van der Waals surface area contributed by atoms with Gasteiger partial charge in [-0.1, -0.05) is 0 Å². The molecule has 4 heteroatoms. The van der Waals surface area contributed by atoms with Gasteiger partial charge < -0.3 is 19.9 Å². The van der Waals surface area contributed by atoms with Crippen LogP contribution < -0.4 is 14.8 Å². The van der Waals surface area contributed by atoms with E-state index in [-0.39, 0.29) is 12.1 Å². The minimum atomic E-state index is 0.0528. The van der Waals surface area contributed by atoms with Gasteiger partial charge in [-0.3, -0.25) is 0 Å². The van der Waals surface area contributed by atoms with Crippen LogP contribution in [0.25, 0.3) is 0 Å². The fraction of sp³-hybridized carbons (Fsp3) is 0.625. The van der Waals surface area contributed by atoms with Gasteiger partial charge >= 0.3 is 0 Å². The maximum atomic E-state index is 8.78. The second kappa shape index (κ2) is 8.12. The molecule has 1 rings (SSSR count). The molecule has 0 saturated heterocycles. The molecule has 0 aliphatic carbocycles. The lowest BCUT2D eigenvalue weighted by molar-refractivity contribution is 0.251. The zero-order chi connectivity index (χ0) is 15.0. The van der Waals surface area contributed by atoms with Gasteiger partial charge in [0.2, 0.25) is 0 Å². The van der Waals surface area contributed by atoms with Gasteiger partial charge in [0.25, 0.3) is 0 Å². The highest BCUT2D eigenvalue weighted by Crippen LogP contribution is 2.25. The predicted molar refractivity (Wildman–Crippen MR) is 81.4 cm³/mol. The van der Waals surface area contributed by atoms with Crippen molar-refractivity contribution < 1.29 is 14.6 Å². The van der Waals surface area contributed by atoms with Crippen molar-refractivity contribution in [3.05, 3.63) is 23.8 Å². The highest BCUT2D eigenvalue weighted by atomic mass is 16.5. The molecule has 0 unspecified atom stereocenters. The van der Waals surface area contributed by atoms with Gasteiger partial charge in [-0.2, -0.15) is 0 Å². The fourth-order valence-corrected chi connectivity index (χ4v) is 1.72. The molecule has 0 saturated carbocycles. The van der Waals surface area contributed by atoms with Crippen molar-refractivity contribution in [3.63, 3.8) is 0 Å². The van der Waals surface area contributed by atoms with Gasteiger partial charge in [0.15, 0.2) is 0 Å². The van der Waals surface area contributed by atoms with Crippen molar-refractivity contribution in [1.82, 2.24) is 5.32 Å². The fourth-order valence-electron chi connectivity index (χ4n) is 1.72. The van der Waals surface area contributed by atoms with Crippen molar-refractivity contribution in [2.24, 2.45) is 0 Å². The summed E-state index contributed by atoms with van der Waals surface area (Å²) in [5.74, 6) is 1.71. The third-order valence-corrected chi connectivity index (χ3v) is 2.89. The standard InChI is InChI=1S/C16H27NO3/c1-16(2,3)17-12-13-11-14(19-4)7-8-15(13)20-10-6-5-9-18/h7-8,11,17-18H,5-6,9-10,12H2,1-4H3. The number of methoxy groups -OCH3 is 1. The average molecular weight is 281 g/mol. The van der Waals surface area contributed by atoms with E-state index < -0.39 is 0 Å². The Labute approximate surface area is 122 Å². The Bertz CT molecular complexity index is 399. The molecule has 1 aromatic rings. The van der Waals surface area contributed by atoms with Gasteiger partial charge in [-0.05, 0) is 51.8 Å². The van der Waals surface area contributed by atoms with Crippen LogP contribution >= 0.6 is 0 Å². The molecule has 114 valence electrons. The third-order valence-electron chi connectivity index (χ3n) is 2.89. The Morgan fingerprint density at radius 1 is 1.20 bits per heavy atom. The number of rotatable bonds is 8. The topological polar surface area (TPSA) is 50.7 Å². The van der Waals surface area contributed by atoms with Gasteiger partial charge in [-0.15, -0.1) is 0 Å². The van der Waals surface area contributed by atoms with E-state index in [1.807, 2.05) is 18.2 Å². The van der Waals surface area contributed by atoms with E-state index in [4.69, 9.17) is 14.6 Å². The molecule has 0 aliphatic heterocycles. The molecule has 0 radical (unpaired) electrons. The van der Waals surface area contributed by atoms with Crippen LogP contribution in [-0.4, -0.2) is 31.0 Å². The number of aliphatic hydroxyl groups is 1. The molecule has 0 aliphatic rings. The molecular weight excluding hydrogens is 254 g/mol. The van der Waals surface area contributed by atoms with Crippen LogP contribution in [-0.2, 0) is 6.54 Å². The van der Waals surface area contributed by atoms with E-state index in [1.54, 1.807) is 7.11 Å². The van der Waals surface area contributed by atoms with E-state index in [2.05, 4.69) is 26.1 Å². The van der Waals surface area contributed by atoms with Crippen LogP contribution in [0, 0.1) is 0 Å². The molecule has 0 spiro atoms. The summed E-state index contributed by atoms with van der Waals surface area (Å²) in [6.45, 7) is 7.97. The highest BCUT2D eigenvalue weighted by Gasteiger charge is 2.12. The first-order valence-corrected chi connectivity index (χ1v) is 7.12. The lowest BCUT2D eigenvalue weighted by Crippen LogP contribution is -2.35. The Hall–Kier alpha value is -1.26. The minimum absolute atomic E-state index is 0.0528. The Kier molecular flexibility index (Phi) is 6.82. The Morgan fingerprint density at radius 2 is 1.95 bits per heavy atom. The highest BCUT2D eigenvalue weighted by molar-refractivity contribution is 5.40. The van der Waals surface area contributed by atoms with Crippen LogP contribution in [0.3, 0.4) is 0 Å². The third kappa shape index (κ3) is 6.26. The van der Waals surface area contributed by atoms with Crippen LogP contribution in [0.2, 0.25) is 0 Å². The molecule has 0 heterocycles. The van der Waals surface area contributed by atoms with E-state index >= 15 is 0 Å². The molecule has 0 amide bonds. The largest absolute Gasteiger partial charge is 0.497 e. The van der Waals surface area contributed by atoms with Crippen molar-refractivity contribution in [1.29, 1.82) is 0 Å². The molecule has 1 aromatic carbocycles. The average Bonchev–Trinajstić information content (AvgIpc) is 2.41. The second-order valence-electron chi connectivity index (χ2n) is 5.86. The number of benzene rings is 1. The molecule has 2 N–H and O–H groups in total. The number of unbranched alkanes of at least 4 members (excludes halogenated alkanes) is 1. The summed E-state index contributed by atoms with van der Waals surface area (Å²) in [6, 6.07) is 5.85. The summed E-state index contributed by atoms with van der Waals surface area (Å²) in [6.07, 6.45) is 1.63. The van der Waals surface area contributed by atoms with Crippen LogP contribution in [0.15, 0.2) is 18.2 Å². The number of nitrogens with one attached hydrogen (secondary N) is 1. The molecule has 0 bridgehead atoms. The Morgan fingerprint density at radius 3 is 2.55 bits per heavy atom. The number of aliphatic hydroxyl groups excluding tert-OH is 1. The van der Waals surface area contributed by atoms with E-state index in [1.165, 1.54) is 0 Å². The monoisotopic (exact) mass is 281 g/mol. The van der Waals surface area contributed by atoms with E-state index in [0.29, 0.717) is 6.61 Å². The zero-order valence-corrected chi connectivity index (χ0v) is 13.0. The van der Waals surface area contributed by atoms with Gasteiger partial charge in [0, 0.05) is 24.3 Å². The first-order chi connectivity index (χ1) is 9.46. The molecule has 20 heavy (non-hydrogen) atoms. The lowest BCUT2D eigenvalue weighted by Gasteiger charge is -2.22. The maximum Gasteiger partial charge on any atom is 0.124 e. The van der Waals surface area contributed by atoms with Gasteiger partial charge in [0.1, 0.15) is 11.5 Å². The maximum absolute atomic E-state index is 8.78. The molecular formula is C16H27NO3. The Balaban J connectivity index is 2.70. The van der Waals surface area contributed by atoms with Crippen molar-refractivity contribution in [2.75, 3.05) is 20.3 Å². The lowest BCUT2D eigenvalue weighted by atomic mass is 10.1. The summed E-state index contributed by atoms with van der Waals surface area (Å²) in [7, 11) is 1.66. The summed E-state index contributed by atoms with van der Waals surface area (Å²) in [4.78, 5) is 0. The van der Waals surface area contributed by atoms with E-state index in [0.717, 1.165) is 36.4 Å². The molecule has 0 aromatic heterocycles. The number of hydrogen-bond donors (Lipinski definition) is 2. The number of hydrogen-bond acceptors (Lipinski definition) is 4. The number of ether oxygens (including phenoxy) is 2. The summed E-state index contributed by atoms with van der Waals surface area (Å²) in [5, 5.41) is 12.2. The molecule has 0 atom stereocenters. The van der Waals surface area contributed by atoms with Crippen LogP contribution in [0.4, 0.5) is 0 Å². The first kappa shape index (κ1) is 16.8. The van der Waals surface area contributed by atoms with Crippen molar-refractivity contribution >= 4 is 0 Å². The summed E-state index contributed by atoms with van der Waals surface area (Å²) in [5.41, 5.74) is 1.14. The predicted octanol–water partition coefficient (Wildman–Crippen LogP) is 2.73. The van der Waals surface area contributed by atoms with Gasteiger partial charge in [0.05, 0.1) is 13.7 Å². The van der Waals surface area contributed by atoms with E-state index in [9.17, 15) is 0 Å². The van der Waals surface area contributed by atoms with Crippen molar-refractivity contribution in [2.45, 2.75) is 45.7 Å². The minimum Gasteiger partial charge on any atom is -0.497 e. The second-order valence-corrected chi connectivity index (χ2v) is 5.86. The van der Waals surface area contributed by atoms with Crippen LogP contribution in [0.1, 0.15) is 39.2 Å². The van der Waals surface area contributed by atoms with Crippen LogP contribution in [0.5, 0.6) is 11.5 Å². The first-order valence-electron chi connectivity index (χ1n) is 7.12. The van der Waals surface area contributed by atoms with Gasteiger partial charge in [-0.25, -0.2) is 0 Å². The normalized spacial score (nSPS) is 11.4. The molecule has 4 nitrogen and oxygen atoms in total. The SMILES string of the molecule is COc1ccc(OCCCCO)c(CNC(C)(C)C)c1. The smallest absolute Gasteiger partial charge is 0.124 e. The molecule has 0 fully saturated rings. The summed E-state index contributed by atoms with van der Waals surface area (Å²) >= 11 is 0. The summed E-state index contributed by atoms with van der Waals surface area (Å²) < 4.78 is 11.1. The zero-order valence-electron chi connectivity index (χ0n) is 13.0. The van der Waals surface area contributed by atoms with Crippen molar-refractivity contribution in [3.8, 4) is 11.5 Å².